The van der Waals surface area contributed by atoms with Crippen LogP contribution >= 0.6 is 0 Å². The lowest BCUT2D eigenvalue weighted by atomic mass is 10.2. The van der Waals surface area contributed by atoms with Crippen molar-refractivity contribution in [2.24, 2.45) is 5.92 Å². The maximum Gasteiger partial charge on any atom is 0.268 e. The summed E-state index contributed by atoms with van der Waals surface area (Å²) in [7, 11) is 0. The minimum Gasteiger partial charge on any atom is -0.345 e. The predicted octanol–water partition coefficient (Wildman–Crippen LogP) is 4.11. The lowest BCUT2D eigenvalue weighted by Crippen LogP contribution is -2.26. The molecule has 0 spiro atoms. The zero-order valence-electron chi connectivity index (χ0n) is 17.5. The SMILES string of the molecule is O=C(NCc1ccccn1)c1cc2c(c3ccccc3n2CC2CC2)n1-c1ncccn1. The summed E-state index contributed by atoms with van der Waals surface area (Å²) >= 11 is 0. The first-order valence-electron chi connectivity index (χ1n) is 10.9. The molecule has 4 heterocycles. The van der Waals surface area contributed by atoms with Crippen LogP contribution in [0.3, 0.4) is 0 Å². The first-order valence-corrected chi connectivity index (χ1v) is 10.9. The van der Waals surface area contributed by atoms with Gasteiger partial charge in [0.1, 0.15) is 5.69 Å². The number of rotatable bonds is 6. The summed E-state index contributed by atoms with van der Waals surface area (Å²) in [6, 6.07) is 17.8. The Kier molecular flexibility index (Phi) is 4.45. The van der Waals surface area contributed by atoms with Gasteiger partial charge in [0.15, 0.2) is 0 Å². The third-order valence-electron chi connectivity index (χ3n) is 6.00. The number of aromatic nitrogens is 5. The van der Waals surface area contributed by atoms with Crippen LogP contribution in [0.2, 0.25) is 0 Å². The Bertz CT molecular complexity index is 1420. The fourth-order valence-corrected chi connectivity index (χ4v) is 4.30. The molecule has 1 amide bonds. The lowest BCUT2D eigenvalue weighted by Gasteiger charge is -2.09. The number of pyridine rings is 1. The molecule has 1 aromatic carbocycles. The Morgan fingerprint density at radius 1 is 0.938 bits per heavy atom. The van der Waals surface area contributed by atoms with Gasteiger partial charge in [-0.3, -0.25) is 14.3 Å². The second-order valence-corrected chi connectivity index (χ2v) is 8.22. The third-order valence-corrected chi connectivity index (χ3v) is 6.00. The van der Waals surface area contributed by atoms with Gasteiger partial charge in [-0.05, 0) is 49.1 Å². The zero-order valence-corrected chi connectivity index (χ0v) is 17.5. The van der Waals surface area contributed by atoms with Crippen LogP contribution in [-0.2, 0) is 13.1 Å². The number of carbonyl (C=O) groups is 1. The van der Waals surface area contributed by atoms with Crippen LogP contribution in [0.5, 0.6) is 0 Å². The number of fused-ring (bicyclic) bond motifs is 3. The third kappa shape index (κ3) is 3.22. The average molecular weight is 422 g/mol. The second-order valence-electron chi connectivity index (χ2n) is 8.22. The van der Waals surface area contributed by atoms with E-state index < -0.39 is 0 Å². The summed E-state index contributed by atoms with van der Waals surface area (Å²) in [6.07, 6.45) is 7.64. The van der Waals surface area contributed by atoms with Gasteiger partial charge in [0, 0.05) is 30.5 Å². The average Bonchev–Trinajstić information content (AvgIpc) is 3.51. The normalized spacial score (nSPS) is 13.6. The monoisotopic (exact) mass is 422 g/mol. The van der Waals surface area contributed by atoms with E-state index in [0.717, 1.165) is 28.7 Å². The summed E-state index contributed by atoms with van der Waals surface area (Å²) in [4.78, 5) is 26.6. The smallest absolute Gasteiger partial charge is 0.268 e. The predicted molar refractivity (Wildman–Crippen MR) is 122 cm³/mol. The summed E-state index contributed by atoms with van der Waals surface area (Å²) in [5, 5.41) is 4.11. The molecule has 7 heteroatoms. The molecule has 0 atom stereocenters. The van der Waals surface area contributed by atoms with E-state index in [9.17, 15) is 4.79 Å². The van der Waals surface area contributed by atoms with Crippen molar-refractivity contribution in [1.29, 1.82) is 0 Å². The van der Waals surface area contributed by atoms with Crippen LogP contribution in [0.4, 0.5) is 0 Å². The minimum atomic E-state index is -0.179. The molecule has 158 valence electrons. The molecule has 7 nitrogen and oxygen atoms in total. The molecule has 0 saturated heterocycles. The van der Waals surface area contributed by atoms with E-state index in [-0.39, 0.29) is 5.91 Å². The van der Waals surface area contributed by atoms with Crippen molar-refractivity contribution in [3.05, 3.63) is 84.6 Å². The van der Waals surface area contributed by atoms with Gasteiger partial charge in [-0.25, -0.2) is 9.97 Å². The molecule has 0 aliphatic heterocycles. The highest BCUT2D eigenvalue weighted by molar-refractivity contribution is 6.10. The van der Waals surface area contributed by atoms with Crippen LogP contribution in [0.25, 0.3) is 27.9 Å². The van der Waals surface area contributed by atoms with Crippen molar-refractivity contribution in [3.63, 3.8) is 0 Å². The Labute approximate surface area is 184 Å². The first-order chi connectivity index (χ1) is 15.8. The topological polar surface area (TPSA) is 77.6 Å². The maximum atomic E-state index is 13.3. The van der Waals surface area contributed by atoms with Gasteiger partial charge in [0.05, 0.1) is 28.8 Å². The highest BCUT2D eigenvalue weighted by atomic mass is 16.1. The molecular weight excluding hydrogens is 400 g/mol. The molecule has 32 heavy (non-hydrogen) atoms. The summed E-state index contributed by atoms with van der Waals surface area (Å²) in [5.74, 6) is 1.01. The number of amides is 1. The molecule has 6 rings (SSSR count). The molecule has 0 bridgehead atoms. The number of carbonyl (C=O) groups excluding carboxylic acids is 1. The van der Waals surface area contributed by atoms with E-state index >= 15 is 0 Å². The van der Waals surface area contributed by atoms with E-state index in [4.69, 9.17) is 0 Å². The molecule has 1 aliphatic rings. The number of hydrogen-bond donors (Lipinski definition) is 1. The van der Waals surface area contributed by atoms with Crippen molar-refractivity contribution in [3.8, 4) is 5.95 Å². The first kappa shape index (κ1) is 18.7. The van der Waals surface area contributed by atoms with E-state index in [2.05, 4.69) is 43.0 Å². The molecule has 1 aliphatic carbocycles. The van der Waals surface area contributed by atoms with Gasteiger partial charge < -0.3 is 9.88 Å². The summed E-state index contributed by atoms with van der Waals surface area (Å²) in [6.45, 7) is 1.31. The van der Waals surface area contributed by atoms with Gasteiger partial charge in [0.2, 0.25) is 5.95 Å². The zero-order chi connectivity index (χ0) is 21.5. The lowest BCUT2D eigenvalue weighted by molar-refractivity contribution is 0.0943. The quantitative estimate of drug-likeness (QED) is 0.447. The Hall–Kier alpha value is -4.00. The van der Waals surface area contributed by atoms with Crippen LogP contribution in [0.15, 0.2) is 73.2 Å². The van der Waals surface area contributed by atoms with Crippen LogP contribution in [0, 0.1) is 5.92 Å². The van der Waals surface area contributed by atoms with Crippen LogP contribution in [-0.4, -0.2) is 30.0 Å². The van der Waals surface area contributed by atoms with Crippen molar-refractivity contribution < 1.29 is 4.79 Å². The molecule has 0 unspecified atom stereocenters. The van der Waals surface area contributed by atoms with Gasteiger partial charge >= 0.3 is 0 Å². The van der Waals surface area contributed by atoms with Gasteiger partial charge in [-0.1, -0.05) is 24.3 Å². The number of para-hydroxylation sites is 1. The number of nitrogens with zero attached hydrogens (tertiary/aromatic N) is 5. The van der Waals surface area contributed by atoms with Crippen molar-refractivity contribution in [1.82, 2.24) is 29.4 Å². The van der Waals surface area contributed by atoms with Gasteiger partial charge in [-0.2, -0.15) is 0 Å². The van der Waals surface area contributed by atoms with E-state index in [0.29, 0.717) is 24.1 Å². The molecular formula is C25H22N6O. The van der Waals surface area contributed by atoms with Crippen LogP contribution in [0.1, 0.15) is 29.0 Å². The molecule has 5 aromatic rings. The Balaban J connectivity index is 1.52. The van der Waals surface area contributed by atoms with Crippen molar-refractivity contribution >= 4 is 27.8 Å². The Morgan fingerprint density at radius 3 is 2.50 bits per heavy atom. The highest BCUT2D eigenvalue weighted by Gasteiger charge is 2.27. The molecule has 4 aromatic heterocycles. The number of hydrogen-bond acceptors (Lipinski definition) is 4. The number of benzene rings is 1. The number of nitrogens with one attached hydrogen (secondary N) is 1. The maximum absolute atomic E-state index is 13.3. The van der Waals surface area contributed by atoms with E-state index in [1.165, 1.54) is 18.4 Å². The van der Waals surface area contributed by atoms with Crippen LogP contribution < -0.4 is 5.32 Å². The highest BCUT2D eigenvalue weighted by Crippen LogP contribution is 2.37. The standard InChI is InChI=1S/C25H22N6O/c32-24(29-15-18-6-3-4-11-26-18)22-14-21-23(31(22)25-27-12-5-13-28-25)19-7-1-2-8-20(19)30(21)16-17-9-10-17/h1-8,11-14,17H,9-10,15-16H2,(H,29,32). The molecule has 1 saturated carbocycles. The fourth-order valence-electron chi connectivity index (χ4n) is 4.30. The summed E-state index contributed by atoms with van der Waals surface area (Å²) in [5.41, 5.74) is 4.51. The van der Waals surface area contributed by atoms with E-state index in [1.54, 1.807) is 24.7 Å². The summed E-state index contributed by atoms with van der Waals surface area (Å²) < 4.78 is 4.23. The van der Waals surface area contributed by atoms with E-state index in [1.807, 2.05) is 34.9 Å². The fraction of sp³-hybridized carbons (Fsp3) is 0.200. The van der Waals surface area contributed by atoms with Gasteiger partial charge in [0.25, 0.3) is 5.91 Å². The Morgan fingerprint density at radius 2 is 1.72 bits per heavy atom. The molecule has 1 N–H and O–H groups in total. The van der Waals surface area contributed by atoms with Crippen molar-refractivity contribution in [2.45, 2.75) is 25.9 Å². The van der Waals surface area contributed by atoms with Gasteiger partial charge in [-0.15, -0.1) is 0 Å². The largest absolute Gasteiger partial charge is 0.345 e. The molecule has 0 radical (unpaired) electrons. The minimum absolute atomic E-state index is 0.179. The second kappa shape index (κ2) is 7.60. The van der Waals surface area contributed by atoms with Crippen molar-refractivity contribution in [2.75, 3.05) is 0 Å². The molecule has 1 fully saturated rings.